The molecule has 0 saturated carbocycles. The molecule has 0 spiro atoms. The van der Waals surface area contributed by atoms with Crippen molar-refractivity contribution in [1.29, 1.82) is 0 Å². The van der Waals surface area contributed by atoms with E-state index in [1.807, 2.05) is 6.92 Å². The Morgan fingerprint density at radius 2 is 1.89 bits per heavy atom. The van der Waals surface area contributed by atoms with Crippen LogP contribution in [-0.2, 0) is 0 Å². The van der Waals surface area contributed by atoms with Crippen LogP contribution < -0.4 is 5.73 Å². The van der Waals surface area contributed by atoms with Gasteiger partial charge in [0.25, 0.3) is 5.91 Å². The minimum atomic E-state index is -1.57. The number of carbonyl (C=O) groups is 1. The van der Waals surface area contributed by atoms with Crippen LogP contribution in [0.2, 0.25) is 0 Å². The molecule has 0 bridgehead atoms. The van der Waals surface area contributed by atoms with Gasteiger partial charge < -0.3 is 10.6 Å². The summed E-state index contributed by atoms with van der Waals surface area (Å²) in [5, 5.41) is 0. The highest BCUT2D eigenvalue weighted by Crippen LogP contribution is 2.20. The van der Waals surface area contributed by atoms with E-state index in [-0.39, 0.29) is 11.6 Å². The van der Waals surface area contributed by atoms with Gasteiger partial charge in [-0.2, -0.15) is 0 Å². The molecule has 1 aromatic rings. The number of benzene rings is 1. The molecule has 1 saturated heterocycles. The summed E-state index contributed by atoms with van der Waals surface area (Å²) in [6.45, 7) is 2.80. The molecule has 104 valence electrons. The monoisotopic (exact) mass is 272 g/mol. The number of hydrogen-bond donors (Lipinski definition) is 1. The molecule has 2 rings (SSSR count). The Hall–Kier alpha value is -1.56. The largest absolute Gasteiger partial charge is 0.337 e. The van der Waals surface area contributed by atoms with Crippen LogP contribution in [0.3, 0.4) is 0 Å². The van der Waals surface area contributed by atoms with Gasteiger partial charge in [-0.3, -0.25) is 4.79 Å². The van der Waals surface area contributed by atoms with Gasteiger partial charge >= 0.3 is 0 Å². The molecular weight excluding hydrogens is 257 g/mol. The smallest absolute Gasteiger partial charge is 0.254 e. The Morgan fingerprint density at radius 1 is 1.32 bits per heavy atom. The van der Waals surface area contributed by atoms with E-state index < -0.39 is 23.4 Å². The van der Waals surface area contributed by atoms with Gasteiger partial charge in [0.2, 0.25) is 0 Å². The number of likely N-dealkylation sites (tertiary alicyclic amines) is 1. The van der Waals surface area contributed by atoms with E-state index in [1.54, 1.807) is 0 Å². The van der Waals surface area contributed by atoms with Crippen molar-refractivity contribution in [3.63, 3.8) is 0 Å². The third kappa shape index (κ3) is 2.73. The standard InChI is InChI=1S/C13H15F3N2O/c1-7-2-3-18(6-11(7)17)13(19)8-4-9(14)12(16)10(15)5-8/h4-5,7,11H,2-3,6,17H2,1H3. The number of halogens is 3. The molecule has 19 heavy (non-hydrogen) atoms. The van der Waals surface area contributed by atoms with Gasteiger partial charge in [-0.05, 0) is 24.5 Å². The Bertz CT molecular complexity index is 484. The van der Waals surface area contributed by atoms with Crippen molar-refractivity contribution in [3.05, 3.63) is 35.1 Å². The second-order valence-electron chi connectivity index (χ2n) is 4.93. The molecule has 6 heteroatoms. The van der Waals surface area contributed by atoms with Gasteiger partial charge in [-0.25, -0.2) is 13.2 Å². The lowest BCUT2D eigenvalue weighted by atomic mass is 9.94. The average Bonchev–Trinajstić information content (AvgIpc) is 2.37. The maximum atomic E-state index is 13.1. The first-order chi connectivity index (χ1) is 8.90. The van der Waals surface area contributed by atoms with E-state index in [2.05, 4.69) is 0 Å². The van der Waals surface area contributed by atoms with Crippen LogP contribution in [0.4, 0.5) is 13.2 Å². The SMILES string of the molecule is CC1CCN(C(=O)c2cc(F)c(F)c(F)c2)CC1N. The second kappa shape index (κ2) is 5.21. The van der Waals surface area contributed by atoms with E-state index in [0.717, 1.165) is 6.42 Å². The van der Waals surface area contributed by atoms with Crippen molar-refractivity contribution in [3.8, 4) is 0 Å². The maximum absolute atomic E-state index is 13.1. The quantitative estimate of drug-likeness (QED) is 0.794. The summed E-state index contributed by atoms with van der Waals surface area (Å²) in [7, 11) is 0. The number of rotatable bonds is 1. The molecule has 1 aliphatic rings. The number of hydrogen-bond acceptors (Lipinski definition) is 2. The third-order valence-electron chi connectivity index (χ3n) is 3.53. The topological polar surface area (TPSA) is 46.3 Å². The van der Waals surface area contributed by atoms with E-state index >= 15 is 0 Å². The highest BCUT2D eigenvalue weighted by atomic mass is 19.2. The zero-order valence-electron chi connectivity index (χ0n) is 10.5. The second-order valence-corrected chi connectivity index (χ2v) is 4.93. The first kappa shape index (κ1) is 13.9. The molecule has 1 aliphatic heterocycles. The van der Waals surface area contributed by atoms with E-state index in [9.17, 15) is 18.0 Å². The van der Waals surface area contributed by atoms with E-state index in [1.165, 1.54) is 4.90 Å². The molecule has 1 fully saturated rings. The summed E-state index contributed by atoms with van der Waals surface area (Å²) in [6, 6.07) is 1.27. The summed E-state index contributed by atoms with van der Waals surface area (Å²) in [6.07, 6.45) is 0.735. The van der Waals surface area contributed by atoms with Crippen molar-refractivity contribution in [2.45, 2.75) is 19.4 Å². The number of nitrogens with two attached hydrogens (primary N) is 1. The van der Waals surface area contributed by atoms with Gasteiger partial charge in [0, 0.05) is 24.7 Å². The predicted molar refractivity (Wildman–Crippen MR) is 64.0 cm³/mol. The lowest BCUT2D eigenvalue weighted by Crippen LogP contribution is -2.49. The molecule has 2 unspecified atom stereocenters. The molecule has 0 aromatic heterocycles. The zero-order valence-corrected chi connectivity index (χ0v) is 10.5. The fraction of sp³-hybridized carbons (Fsp3) is 0.462. The van der Waals surface area contributed by atoms with Gasteiger partial charge in [-0.15, -0.1) is 0 Å². The lowest BCUT2D eigenvalue weighted by Gasteiger charge is -2.35. The molecule has 3 nitrogen and oxygen atoms in total. The predicted octanol–water partition coefficient (Wildman–Crippen LogP) is 1.91. The molecule has 1 amide bonds. The van der Waals surface area contributed by atoms with Crippen LogP contribution in [0.5, 0.6) is 0 Å². The fourth-order valence-corrected chi connectivity index (χ4v) is 2.15. The third-order valence-corrected chi connectivity index (χ3v) is 3.53. The summed E-state index contributed by atoms with van der Waals surface area (Å²) in [5.74, 6) is -4.53. The van der Waals surface area contributed by atoms with Crippen molar-refractivity contribution in [2.24, 2.45) is 11.7 Å². The first-order valence-electron chi connectivity index (χ1n) is 6.09. The van der Waals surface area contributed by atoms with Crippen LogP contribution >= 0.6 is 0 Å². The average molecular weight is 272 g/mol. The Kier molecular flexibility index (Phi) is 3.80. The minimum Gasteiger partial charge on any atom is -0.337 e. The van der Waals surface area contributed by atoms with Crippen molar-refractivity contribution in [2.75, 3.05) is 13.1 Å². The number of amides is 1. The minimum absolute atomic E-state index is 0.159. The molecular formula is C13H15F3N2O. The first-order valence-corrected chi connectivity index (χ1v) is 6.09. The number of piperidine rings is 1. The Balaban J connectivity index is 2.20. The van der Waals surface area contributed by atoms with Crippen LogP contribution in [0.25, 0.3) is 0 Å². The highest BCUT2D eigenvalue weighted by Gasteiger charge is 2.27. The van der Waals surface area contributed by atoms with Gasteiger partial charge in [0.05, 0.1) is 0 Å². The van der Waals surface area contributed by atoms with Crippen molar-refractivity contribution < 1.29 is 18.0 Å². The van der Waals surface area contributed by atoms with Gasteiger partial charge in [0.15, 0.2) is 17.5 Å². The number of carbonyl (C=O) groups excluding carboxylic acids is 1. The van der Waals surface area contributed by atoms with Crippen molar-refractivity contribution >= 4 is 5.91 Å². The normalized spacial score (nSPS) is 23.5. The Labute approximate surface area is 109 Å². The maximum Gasteiger partial charge on any atom is 0.254 e. The lowest BCUT2D eigenvalue weighted by molar-refractivity contribution is 0.0671. The number of nitrogens with zero attached hydrogens (tertiary/aromatic N) is 1. The summed E-state index contributed by atoms with van der Waals surface area (Å²) < 4.78 is 39.0. The van der Waals surface area contributed by atoms with Crippen LogP contribution in [0.1, 0.15) is 23.7 Å². The highest BCUT2D eigenvalue weighted by molar-refractivity contribution is 5.94. The van der Waals surface area contributed by atoms with E-state index in [4.69, 9.17) is 5.73 Å². The van der Waals surface area contributed by atoms with Crippen LogP contribution in [0, 0.1) is 23.4 Å². The van der Waals surface area contributed by atoms with Crippen molar-refractivity contribution in [1.82, 2.24) is 4.90 Å². The van der Waals surface area contributed by atoms with Gasteiger partial charge in [-0.1, -0.05) is 6.92 Å². The molecule has 0 radical (unpaired) electrons. The molecule has 1 heterocycles. The summed E-state index contributed by atoms with van der Waals surface area (Å²) in [4.78, 5) is 13.5. The van der Waals surface area contributed by atoms with E-state index in [0.29, 0.717) is 31.1 Å². The molecule has 0 aliphatic carbocycles. The van der Waals surface area contributed by atoms with Gasteiger partial charge in [0.1, 0.15) is 0 Å². The summed E-state index contributed by atoms with van der Waals surface area (Å²) in [5.41, 5.74) is 5.67. The summed E-state index contributed by atoms with van der Waals surface area (Å²) >= 11 is 0. The van der Waals surface area contributed by atoms with Crippen LogP contribution in [0.15, 0.2) is 12.1 Å². The molecule has 2 N–H and O–H groups in total. The molecule has 2 atom stereocenters. The zero-order chi connectivity index (χ0) is 14.2. The Morgan fingerprint density at radius 3 is 2.42 bits per heavy atom. The fourth-order valence-electron chi connectivity index (χ4n) is 2.15. The van der Waals surface area contributed by atoms with Crippen LogP contribution in [-0.4, -0.2) is 29.9 Å². The molecule has 1 aromatic carbocycles.